The molecule has 0 spiro atoms. The van der Waals surface area contributed by atoms with Crippen LogP contribution in [0, 0.1) is 0 Å². The predicted octanol–water partition coefficient (Wildman–Crippen LogP) is 11.4. The monoisotopic (exact) mass is 604 g/mol. The second-order valence-electron chi connectivity index (χ2n) is 11.4. The zero-order chi connectivity index (χ0) is 35.5. The standard InChI is InChI=1S/C44H29N3/c1-2-14-30(15-3-1)44-46-40-25-10-11-26-41(40)47(44)33-18-12-16-31(28-33)42-36-21-6-8-23-38(36)43(39-24-9-7-22-37(39)42)35-20-5-4-19-34(35)32-17-13-27-45-29-32/h1-29H/i1D,2D,3D,14D,15D. The van der Waals surface area contributed by atoms with E-state index in [9.17, 15) is 0 Å². The maximum Gasteiger partial charge on any atom is 0.145 e. The van der Waals surface area contributed by atoms with E-state index in [1.807, 2.05) is 53.2 Å². The Morgan fingerprint density at radius 1 is 0.511 bits per heavy atom. The number of hydrogen-bond acceptors (Lipinski definition) is 2. The van der Waals surface area contributed by atoms with Gasteiger partial charge in [0, 0.05) is 29.2 Å². The van der Waals surface area contributed by atoms with E-state index in [-0.39, 0.29) is 23.5 Å². The molecule has 0 aliphatic heterocycles. The Morgan fingerprint density at radius 2 is 1.15 bits per heavy atom. The minimum Gasteiger partial charge on any atom is -0.292 e. The molecule has 9 aromatic rings. The lowest BCUT2D eigenvalue weighted by molar-refractivity contribution is 1.10. The van der Waals surface area contributed by atoms with Crippen LogP contribution in [0.25, 0.3) is 83.0 Å². The van der Waals surface area contributed by atoms with Crippen molar-refractivity contribution in [2.75, 3.05) is 0 Å². The highest BCUT2D eigenvalue weighted by Gasteiger charge is 2.20. The van der Waals surface area contributed by atoms with Crippen LogP contribution in [0.4, 0.5) is 0 Å². The van der Waals surface area contributed by atoms with Crippen LogP contribution in [0.2, 0.25) is 0 Å². The summed E-state index contributed by atoms with van der Waals surface area (Å²) in [6.07, 6.45) is 3.70. The summed E-state index contributed by atoms with van der Waals surface area (Å²) in [6.45, 7) is 0. The van der Waals surface area contributed by atoms with Gasteiger partial charge >= 0.3 is 0 Å². The molecule has 0 aliphatic rings. The zero-order valence-corrected chi connectivity index (χ0v) is 25.2. The van der Waals surface area contributed by atoms with E-state index in [1.165, 1.54) is 0 Å². The van der Waals surface area contributed by atoms with Crippen molar-refractivity contribution < 1.29 is 6.85 Å². The zero-order valence-electron chi connectivity index (χ0n) is 30.2. The molecule has 47 heavy (non-hydrogen) atoms. The van der Waals surface area contributed by atoms with E-state index < -0.39 is 18.1 Å². The summed E-state index contributed by atoms with van der Waals surface area (Å²) >= 11 is 0. The molecule has 0 amide bonds. The summed E-state index contributed by atoms with van der Waals surface area (Å²) in [4.78, 5) is 9.28. The van der Waals surface area contributed by atoms with Crippen molar-refractivity contribution in [3.63, 3.8) is 0 Å². The molecule has 0 unspecified atom stereocenters. The highest BCUT2D eigenvalue weighted by Crippen LogP contribution is 2.46. The van der Waals surface area contributed by atoms with Gasteiger partial charge in [-0.15, -0.1) is 0 Å². The Hall–Kier alpha value is -6.32. The van der Waals surface area contributed by atoms with E-state index in [1.54, 1.807) is 6.20 Å². The normalized spacial score (nSPS) is 12.9. The second-order valence-corrected chi connectivity index (χ2v) is 11.4. The largest absolute Gasteiger partial charge is 0.292 e. The van der Waals surface area contributed by atoms with Crippen LogP contribution in [0.5, 0.6) is 0 Å². The number of rotatable bonds is 5. The molecule has 7 aromatic carbocycles. The molecule has 3 heteroatoms. The first kappa shape index (κ1) is 22.2. The lowest BCUT2D eigenvalue weighted by Crippen LogP contribution is -1.98. The summed E-state index contributed by atoms with van der Waals surface area (Å²) < 4.78 is 44.4. The number of nitrogens with zero attached hydrogens (tertiary/aromatic N) is 3. The maximum absolute atomic E-state index is 8.79. The summed E-state index contributed by atoms with van der Waals surface area (Å²) in [5.74, 6) is 0.285. The Bertz CT molecular complexity index is 2780. The minimum atomic E-state index is -0.436. The van der Waals surface area contributed by atoms with Crippen molar-refractivity contribution in [3.8, 4) is 50.5 Å². The fraction of sp³-hybridized carbons (Fsp3) is 0. The molecule has 0 fully saturated rings. The van der Waals surface area contributed by atoms with Crippen molar-refractivity contribution in [3.05, 3.63) is 176 Å². The molecular weight excluding hydrogens is 571 g/mol. The first-order chi connectivity index (χ1) is 25.4. The molecule has 0 atom stereocenters. The van der Waals surface area contributed by atoms with Crippen LogP contribution < -0.4 is 0 Å². The minimum absolute atomic E-state index is 0.0557. The van der Waals surface area contributed by atoms with Gasteiger partial charge in [-0.25, -0.2) is 4.98 Å². The van der Waals surface area contributed by atoms with E-state index in [0.29, 0.717) is 5.52 Å². The molecule has 0 aliphatic carbocycles. The third-order valence-corrected chi connectivity index (χ3v) is 8.78. The number of hydrogen-bond donors (Lipinski definition) is 0. The van der Waals surface area contributed by atoms with Crippen LogP contribution in [-0.2, 0) is 0 Å². The SMILES string of the molecule is [2H]c1c([2H])c([2H])c(-c2nc3ccccc3n2-c2cccc(-c3c4ccccc4c(-c4ccccc4-c4cccnc4)c4ccccc34)c2)c([2H])c1[2H]. The first-order valence-corrected chi connectivity index (χ1v) is 15.5. The number of para-hydroxylation sites is 2. The van der Waals surface area contributed by atoms with Gasteiger partial charge in [-0.1, -0.05) is 133 Å². The third-order valence-electron chi connectivity index (χ3n) is 8.78. The molecule has 2 heterocycles. The number of aromatic nitrogens is 3. The highest BCUT2D eigenvalue weighted by atomic mass is 15.1. The molecule has 0 saturated carbocycles. The van der Waals surface area contributed by atoms with Crippen LogP contribution >= 0.6 is 0 Å². The van der Waals surface area contributed by atoms with Crippen LogP contribution in [-0.4, -0.2) is 14.5 Å². The predicted molar refractivity (Wildman–Crippen MR) is 196 cm³/mol. The molecule has 2 aromatic heterocycles. The quantitative estimate of drug-likeness (QED) is 0.183. The number of imidazole rings is 1. The van der Waals surface area contributed by atoms with Crippen molar-refractivity contribution in [1.82, 2.24) is 14.5 Å². The van der Waals surface area contributed by atoms with Gasteiger partial charge in [-0.3, -0.25) is 9.55 Å². The van der Waals surface area contributed by atoms with Crippen molar-refractivity contribution in [1.29, 1.82) is 0 Å². The molecular formula is C44H29N3. The van der Waals surface area contributed by atoms with E-state index in [4.69, 9.17) is 11.8 Å². The fourth-order valence-corrected chi connectivity index (χ4v) is 6.82. The molecule has 220 valence electrons. The van der Waals surface area contributed by atoms with Gasteiger partial charge in [0.1, 0.15) is 5.82 Å². The van der Waals surface area contributed by atoms with E-state index in [0.717, 1.165) is 66.1 Å². The Balaban J connectivity index is 1.32. The summed E-state index contributed by atoms with van der Waals surface area (Å²) in [5, 5.41) is 4.42. The topological polar surface area (TPSA) is 30.7 Å². The highest BCUT2D eigenvalue weighted by molar-refractivity contribution is 6.22. The van der Waals surface area contributed by atoms with Crippen LogP contribution in [0.15, 0.2) is 176 Å². The summed E-state index contributed by atoms with van der Waals surface area (Å²) in [6, 6.07) is 43.5. The Kier molecular flexibility index (Phi) is 5.32. The number of fused-ring (bicyclic) bond motifs is 3. The van der Waals surface area contributed by atoms with Gasteiger partial charge in [0.25, 0.3) is 0 Å². The lowest BCUT2D eigenvalue weighted by Gasteiger charge is -2.20. The van der Waals surface area contributed by atoms with E-state index in [2.05, 4.69) is 96.0 Å². The Morgan fingerprint density at radius 3 is 1.87 bits per heavy atom. The number of pyridine rings is 1. The van der Waals surface area contributed by atoms with E-state index >= 15 is 0 Å². The third kappa shape index (κ3) is 4.52. The molecule has 3 nitrogen and oxygen atoms in total. The average Bonchev–Trinajstić information content (AvgIpc) is 3.58. The summed E-state index contributed by atoms with van der Waals surface area (Å²) in [5.41, 5.74) is 8.70. The van der Waals surface area contributed by atoms with Gasteiger partial charge in [-0.2, -0.15) is 0 Å². The van der Waals surface area contributed by atoms with Crippen molar-refractivity contribution >= 4 is 32.6 Å². The van der Waals surface area contributed by atoms with Gasteiger partial charge in [0.05, 0.1) is 17.9 Å². The molecule has 0 bridgehead atoms. The van der Waals surface area contributed by atoms with Crippen molar-refractivity contribution in [2.24, 2.45) is 0 Å². The fourth-order valence-electron chi connectivity index (χ4n) is 6.82. The summed E-state index contributed by atoms with van der Waals surface area (Å²) in [7, 11) is 0. The molecule has 0 N–H and O–H groups in total. The lowest BCUT2D eigenvalue weighted by atomic mass is 9.84. The number of benzene rings is 7. The molecule has 0 saturated heterocycles. The smallest absolute Gasteiger partial charge is 0.145 e. The van der Waals surface area contributed by atoms with Gasteiger partial charge < -0.3 is 0 Å². The Labute approximate surface area is 280 Å². The van der Waals surface area contributed by atoms with Crippen LogP contribution in [0.3, 0.4) is 0 Å². The van der Waals surface area contributed by atoms with Gasteiger partial charge in [0.2, 0.25) is 0 Å². The van der Waals surface area contributed by atoms with Crippen molar-refractivity contribution in [2.45, 2.75) is 0 Å². The second kappa shape index (κ2) is 11.2. The molecule has 0 radical (unpaired) electrons. The van der Waals surface area contributed by atoms with Gasteiger partial charge in [0.15, 0.2) is 0 Å². The molecule has 9 rings (SSSR count). The maximum atomic E-state index is 8.79. The average molecular weight is 605 g/mol. The first-order valence-electron chi connectivity index (χ1n) is 18.0. The van der Waals surface area contributed by atoms with Gasteiger partial charge in [-0.05, 0) is 79.7 Å². The van der Waals surface area contributed by atoms with Crippen LogP contribution in [0.1, 0.15) is 6.85 Å².